The Morgan fingerprint density at radius 2 is 1.90 bits per heavy atom. The van der Waals surface area contributed by atoms with Gasteiger partial charge in [-0.05, 0) is 42.9 Å². The minimum atomic E-state index is -0.0913. The van der Waals surface area contributed by atoms with E-state index in [2.05, 4.69) is 44.0 Å². The molecule has 1 N–H and O–H groups in total. The van der Waals surface area contributed by atoms with Gasteiger partial charge in [0.2, 0.25) is 0 Å². The van der Waals surface area contributed by atoms with E-state index in [1.165, 1.54) is 12.8 Å². The molecule has 1 fully saturated rings. The van der Waals surface area contributed by atoms with Crippen LogP contribution in [0.15, 0.2) is 18.2 Å². The van der Waals surface area contributed by atoms with Crippen molar-refractivity contribution in [3.8, 4) is 0 Å². The predicted octanol–water partition coefficient (Wildman–Crippen LogP) is 4.20. The second-order valence-corrected chi connectivity index (χ2v) is 7.15. The Labute approximate surface area is 128 Å². The molecule has 1 aliphatic rings. The van der Waals surface area contributed by atoms with E-state index in [1.54, 1.807) is 6.07 Å². The van der Waals surface area contributed by atoms with Gasteiger partial charge in [0.25, 0.3) is 0 Å². The maximum Gasteiger partial charge on any atom is 0.129 e. The molecule has 1 heterocycles. The van der Waals surface area contributed by atoms with Crippen molar-refractivity contribution in [2.75, 3.05) is 24.5 Å². The second-order valence-electron chi connectivity index (χ2n) is 7.15. The van der Waals surface area contributed by atoms with Crippen molar-refractivity contribution >= 4 is 5.69 Å². The smallest absolute Gasteiger partial charge is 0.129 e. The van der Waals surface area contributed by atoms with E-state index in [0.29, 0.717) is 12.0 Å². The topological polar surface area (TPSA) is 15.3 Å². The van der Waals surface area contributed by atoms with E-state index < -0.39 is 0 Å². The Balaban J connectivity index is 2.11. The summed E-state index contributed by atoms with van der Waals surface area (Å²) in [5.41, 5.74) is 2.26. The molecule has 1 aliphatic heterocycles. The molecule has 2 nitrogen and oxygen atoms in total. The molecule has 0 spiro atoms. The van der Waals surface area contributed by atoms with E-state index in [1.807, 2.05) is 6.07 Å². The first kappa shape index (κ1) is 16.3. The average Bonchev–Trinajstić information content (AvgIpc) is 2.45. The minimum absolute atomic E-state index is 0.0913. The summed E-state index contributed by atoms with van der Waals surface area (Å²) in [7, 11) is 0. The van der Waals surface area contributed by atoms with Crippen LogP contribution < -0.4 is 10.2 Å². The molecule has 0 unspecified atom stereocenters. The number of benzene rings is 1. The summed E-state index contributed by atoms with van der Waals surface area (Å²) in [6.45, 7) is 12.6. The Morgan fingerprint density at radius 3 is 2.48 bits per heavy atom. The fraction of sp³-hybridized carbons (Fsp3) is 0.667. The zero-order valence-electron chi connectivity index (χ0n) is 13.9. The Kier molecular flexibility index (Phi) is 5.26. The highest BCUT2D eigenvalue weighted by molar-refractivity contribution is 5.54. The molecule has 3 heteroatoms. The van der Waals surface area contributed by atoms with E-state index in [4.69, 9.17) is 0 Å². The Morgan fingerprint density at radius 1 is 1.24 bits per heavy atom. The van der Waals surface area contributed by atoms with Crippen LogP contribution in [0.5, 0.6) is 0 Å². The van der Waals surface area contributed by atoms with Crippen LogP contribution >= 0.6 is 0 Å². The van der Waals surface area contributed by atoms with Gasteiger partial charge in [0.15, 0.2) is 0 Å². The third kappa shape index (κ3) is 3.97. The molecule has 0 amide bonds. The number of rotatable bonds is 4. The first-order valence-corrected chi connectivity index (χ1v) is 8.16. The predicted molar refractivity (Wildman–Crippen MR) is 88.2 cm³/mol. The quantitative estimate of drug-likeness (QED) is 0.895. The van der Waals surface area contributed by atoms with Gasteiger partial charge in [0.1, 0.15) is 5.82 Å². The number of hydrogen-bond acceptors (Lipinski definition) is 2. The van der Waals surface area contributed by atoms with Crippen molar-refractivity contribution in [3.05, 3.63) is 29.6 Å². The monoisotopic (exact) mass is 292 g/mol. The van der Waals surface area contributed by atoms with Crippen LogP contribution in [0.4, 0.5) is 10.1 Å². The van der Waals surface area contributed by atoms with Crippen LogP contribution in [0.25, 0.3) is 0 Å². The van der Waals surface area contributed by atoms with Crippen molar-refractivity contribution in [2.45, 2.75) is 47.1 Å². The third-order valence-electron chi connectivity index (χ3n) is 4.71. The fourth-order valence-electron chi connectivity index (χ4n) is 3.25. The summed E-state index contributed by atoms with van der Waals surface area (Å²) in [5, 5.41) is 3.25. The highest BCUT2D eigenvalue weighted by Gasteiger charge is 2.29. The molecule has 0 aliphatic carbocycles. The summed E-state index contributed by atoms with van der Waals surface area (Å²) in [4.78, 5) is 2.36. The van der Waals surface area contributed by atoms with Gasteiger partial charge in [-0.15, -0.1) is 0 Å². The molecular weight excluding hydrogens is 263 g/mol. The zero-order chi connectivity index (χ0) is 15.5. The molecule has 118 valence electrons. The molecular formula is C18H29FN2. The van der Waals surface area contributed by atoms with Gasteiger partial charge in [-0.3, -0.25) is 0 Å². The van der Waals surface area contributed by atoms with Gasteiger partial charge < -0.3 is 10.2 Å². The number of halogens is 1. The summed E-state index contributed by atoms with van der Waals surface area (Å²) < 4.78 is 14.1. The molecule has 2 rings (SSSR count). The van der Waals surface area contributed by atoms with E-state index in [9.17, 15) is 4.39 Å². The number of piperidine rings is 1. The highest BCUT2D eigenvalue weighted by Crippen LogP contribution is 2.36. The summed E-state index contributed by atoms with van der Waals surface area (Å²) in [6, 6.07) is 5.46. The SMILES string of the molecule is CCNCc1c(F)cccc1N1CCC(C(C)(C)C)CC1. The van der Waals surface area contributed by atoms with Crippen molar-refractivity contribution in [1.82, 2.24) is 5.32 Å². The fourth-order valence-corrected chi connectivity index (χ4v) is 3.25. The maximum absolute atomic E-state index is 14.1. The molecule has 1 saturated heterocycles. The molecule has 0 bridgehead atoms. The van der Waals surface area contributed by atoms with Crippen LogP contribution in [0, 0.1) is 17.2 Å². The van der Waals surface area contributed by atoms with E-state index in [0.717, 1.165) is 36.8 Å². The summed E-state index contributed by atoms with van der Waals surface area (Å²) >= 11 is 0. The Bertz CT molecular complexity index is 457. The number of nitrogens with zero attached hydrogens (tertiary/aromatic N) is 1. The van der Waals surface area contributed by atoms with Gasteiger partial charge in [0, 0.05) is 30.9 Å². The second kappa shape index (κ2) is 6.78. The third-order valence-corrected chi connectivity index (χ3v) is 4.71. The molecule has 1 aromatic carbocycles. The molecule has 1 aromatic rings. The van der Waals surface area contributed by atoms with Gasteiger partial charge >= 0.3 is 0 Å². The first-order chi connectivity index (χ1) is 9.93. The first-order valence-electron chi connectivity index (χ1n) is 8.16. The van der Waals surface area contributed by atoms with Crippen molar-refractivity contribution < 1.29 is 4.39 Å². The van der Waals surface area contributed by atoms with Crippen molar-refractivity contribution in [3.63, 3.8) is 0 Å². The molecule has 0 aromatic heterocycles. The van der Waals surface area contributed by atoms with Crippen LogP contribution in [-0.4, -0.2) is 19.6 Å². The van der Waals surface area contributed by atoms with Crippen LogP contribution in [0.2, 0.25) is 0 Å². The number of nitrogens with one attached hydrogen (secondary N) is 1. The highest BCUT2D eigenvalue weighted by atomic mass is 19.1. The standard InChI is InChI=1S/C18H29FN2/c1-5-20-13-15-16(19)7-6-8-17(15)21-11-9-14(10-12-21)18(2,3)4/h6-8,14,20H,5,9-13H2,1-4H3. The molecule has 0 radical (unpaired) electrons. The van der Waals surface area contributed by atoms with Crippen LogP contribution in [-0.2, 0) is 6.54 Å². The van der Waals surface area contributed by atoms with Gasteiger partial charge in [-0.2, -0.15) is 0 Å². The molecule has 0 atom stereocenters. The average molecular weight is 292 g/mol. The normalized spacial score (nSPS) is 17.3. The van der Waals surface area contributed by atoms with Gasteiger partial charge in [0.05, 0.1) is 0 Å². The lowest BCUT2D eigenvalue weighted by Gasteiger charge is -2.40. The van der Waals surface area contributed by atoms with Crippen molar-refractivity contribution in [1.29, 1.82) is 0 Å². The number of anilines is 1. The van der Waals surface area contributed by atoms with E-state index >= 15 is 0 Å². The van der Waals surface area contributed by atoms with Crippen LogP contribution in [0.1, 0.15) is 46.1 Å². The van der Waals surface area contributed by atoms with Crippen LogP contribution in [0.3, 0.4) is 0 Å². The Hall–Kier alpha value is -1.09. The van der Waals surface area contributed by atoms with Gasteiger partial charge in [-0.25, -0.2) is 4.39 Å². The lowest BCUT2D eigenvalue weighted by atomic mass is 9.75. The zero-order valence-corrected chi connectivity index (χ0v) is 13.9. The lowest BCUT2D eigenvalue weighted by Crippen LogP contribution is -2.38. The number of hydrogen-bond donors (Lipinski definition) is 1. The molecule has 0 saturated carbocycles. The minimum Gasteiger partial charge on any atom is -0.371 e. The van der Waals surface area contributed by atoms with E-state index in [-0.39, 0.29) is 5.82 Å². The summed E-state index contributed by atoms with van der Waals surface area (Å²) in [6.07, 6.45) is 2.39. The van der Waals surface area contributed by atoms with Gasteiger partial charge in [-0.1, -0.05) is 33.8 Å². The summed E-state index contributed by atoms with van der Waals surface area (Å²) in [5.74, 6) is 0.672. The molecule has 21 heavy (non-hydrogen) atoms. The van der Waals surface area contributed by atoms with Crippen molar-refractivity contribution in [2.24, 2.45) is 11.3 Å². The maximum atomic E-state index is 14.1. The largest absolute Gasteiger partial charge is 0.371 e. The lowest BCUT2D eigenvalue weighted by molar-refractivity contribution is 0.199.